The molecule has 7 nitrogen and oxygen atoms in total. The van der Waals surface area contributed by atoms with E-state index in [0.29, 0.717) is 11.4 Å². The molecule has 0 unspecified atom stereocenters. The number of hydrogen-bond donors (Lipinski definition) is 1. The number of para-hydroxylation sites is 1. The molecule has 0 spiro atoms. The van der Waals surface area contributed by atoms with Gasteiger partial charge in [-0.25, -0.2) is 8.42 Å². The first-order valence-electron chi connectivity index (χ1n) is 8.20. The van der Waals surface area contributed by atoms with Gasteiger partial charge in [-0.2, -0.15) is 0 Å². The Kier molecular flexibility index (Phi) is 6.95. The molecule has 0 aliphatic rings. The number of hydrogen-bond acceptors (Lipinski definition) is 6. The second-order valence-corrected chi connectivity index (χ2v) is 7.89. The molecule has 0 bridgehead atoms. The van der Waals surface area contributed by atoms with Gasteiger partial charge in [0.2, 0.25) is 0 Å². The van der Waals surface area contributed by atoms with Gasteiger partial charge in [-0.05, 0) is 36.8 Å². The third-order valence-corrected chi connectivity index (χ3v) is 4.68. The number of nitrogens with one attached hydrogen (secondary N) is 1. The van der Waals surface area contributed by atoms with Crippen LogP contribution in [0.2, 0.25) is 0 Å². The number of aryl methyl sites for hydroxylation is 1. The van der Waals surface area contributed by atoms with Crippen LogP contribution >= 0.6 is 0 Å². The number of rotatable bonds is 8. The number of benzene rings is 2. The number of ether oxygens (including phenoxy) is 2. The summed E-state index contributed by atoms with van der Waals surface area (Å²) in [6, 6.07) is 13.3. The first-order chi connectivity index (χ1) is 12.8. The Morgan fingerprint density at radius 3 is 2.52 bits per heavy atom. The Bertz CT molecular complexity index is 923. The third-order valence-electron chi connectivity index (χ3n) is 3.57. The van der Waals surface area contributed by atoms with Crippen molar-refractivity contribution in [3.8, 4) is 5.75 Å². The average molecular weight is 391 g/mol. The highest BCUT2D eigenvalue weighted by Gasteiger charge is 2.11. The van der Waals surface area contributed by atoms with Crippen molar-refractivity contribution in [3.05, 3.63) is 54.1 Å². The van der Waals surface area contributed by atoms with E-state index in [-0.39, 0.29) is 17.9 Å². The highest BCUT2D eigenvalue weighted by molar-refractivity contribution is 7.90. The van der Waals surface area contributed by atoms with E-state index in [1.807, 2.05) is 25.1 Å². The average Bonchev–Trinajstić information content (AvgIpc) is 2.61. The molecule has 0 atom stereocenters. The van der Waals surface area contributed by atoms with Gasteiger partial charge in [-0.15, -0.1) is 0 Å². The monoisotopic (exact) mass is 391 g/mol. The van der Waals surface area contributed by atoms with Crippen LogP contribution in [0.4, 0.5) is 5.69 Å². The largest absolute Gasteiger partial charge is 0.493 e. The van der Waals surface area contributed by atoms with Crippen LogP contribution in [0.25, 0.3) is 0 Å². The minimum atomic E-state index is -3.37. The molecule has 144 valence electrons. The van der Waals surface area contributed by atoms with Crippen LogP contribution in [0.5, 0.6) is 5.75 Å². The van der Waals surface area contributed by atoms with Gasteiger partial charge in [-0.1, -0.05) is 24.3 Å². The van der Waals surface area contributed by atoms with E-state index in [2.05, 4.69) is 5.32 Å². The zero-order valence-electron chi connectivity index (χ0n) is 15.1. The number of esters is 1. The van der Waals surface area contributed by atoms with E-state index in [0.717, 1.165) is 11.8 Å². The molecular formula is C19H21NO6S. The van der Waals surface area contributed by atoms with Gasteiger partial charge in [0.05, 0.1) is 17.9 Å². The van der Waals surface area contributed by atoms with Gasteiger partial charge in [-0.3, -0.25) is 9.59 Å². The zero-order valence-corrected chi connectivity index (χ0v) is 15.9. The highest BCUT2D eigenvalue weighted by Crippen LogP contribution is 2.16. The fraction of sp³-hybridized carbons (Fsp3) is 0.263. The molecule has 2 aromatic carbocycles. The van der Waals surface area contributed by atoms with Crippen LogP contribution in [0, 0.1) is 6.92 Å². The van der Waals surface area contributed by atoms with E-state index < -0.39 is 28.3 Å². The Hall–Kier alpha value is -2.87. The first-order valence-corrected chi connectivity index (χ1v) is 10.1. The minimum absolute atomic E-state index is 0.00514. The Morgan fingerprint density at radius 2 is 1.81 bits per heavy atom. The molecule has 0 heterocycles. The number of carbonyl (C=O) groups excluding carboxylic acids is 2. The van der Waals surface area contributed by atoms with Crippen LogP contribution < -0.4 is 10.1 Å². The summed E-state index contributed by atoms with van der Waals surface area (Å²) in [5.74, 6) is -0.439. The molecule has 0 aromatic heterocycles. The van der Waals surface area contributed by atoms with Gasteiger partial charge < -0.3 is 14.8 Å². The molecule has 0 fully saturated rings. The van der Waals surface area contributed by atoms with E-state index in [1.165, 1.54) is 18.2 Å². The van der Waals surface area contributed by atoms with Gasteiger partial charge >= 0.3 is 5.97 Å². The van der Waals surface area contributed by atoms with Crippen LogP contribution in [0.15, 0.2) is 53.4 Å². The molecule has 0 saturated heterocycles. The smallest absolute Gasteiger partial charge is 0.309 e. The summed E-state index contributed by atoms with van der Waals surface area (Å²) >= 11 is 0. The van der Waals surface area contributed by atoms with Crippen LogP contribution in [0.3, 0.4) is 0 Å². The Balaban J connectivity index is 1.75. The summed E-state index contributed by atoms with van der Waals surface area (Å²) in [5.41, 5.74) is 1.27. The van der Waals surface area contributed by atoms with Crippen LogP contribution in [0.1, 0.15) is 12.0 Å². The molecule has 0 saturated carbocycles. The molecule has 2 rings (SSSR count). The Labute approximate surface area is 158 Å². The van der Waals surface area contributed by atoms with Gasteiger partial charge in [0.15, 0.2) is 16.4 Å². The minimum Gasteiger partial charge on any atom is -0.493 e. The number of carbonyl (C=O) groups is 2. The van der Waals surface area contributed by atoms with E-state index in [9.17, 15) is 18.0 Å². The van der Waals surface area contributed by atoms with Crippen LogP contribution in [-0.4, -0.2) is 39.8 Å². The number of anilines is 1. The topological polar surface area (TPSA) is 98.8 Å². The quantitative estimate of drug-likeness (QED) is 0.694. The van der Waals surface area contributed by atoms with Gasteiger partial charge in [0.25, 0.3) is 5.91 Å². The van der Waals surface area contributed by atoms with Crippen molar-refractivity contribution in [1.82, 2.24) is 0 Å². The standard InChI is InChI=1S/C19H21NO6S/c1-14-6-3-4-9-17(14)25-11-10-19(22)26-13-18(21)20-15-7-5-8-16(12-15)27(2,23)24/h3-9,12H,10-11,13H2,1-2H3,(H,20,21). The fourth-order valence-electron chi connectivity index (χ4n) is 2.18. The van der Waals surface area contributed by atoms with Crippen molar-refractivity contribution in [2.45, 2.75) is 18.2 Å². The number of amides is 1. The maximum Gasteiger partial charge on any atom is 0.309 e. The fourth-order valence-corrected chi connectivity index (χ4v) is 2.85. The summed E-state index contributed by atoms with van der Waals surface area (Å²) in [5, 5.41) is 2.49. The SMILES string of the molecule is Cc1ccccc1OCCC(=O)OCC(=O)Nc1cccc(S(C)(=O)=O)c1. The van der Waals surface area contributed by atoms with E-state index >= 15 is 0 Å². The summed E-state index contributed by atoms with van der Waals surface area (Å²) in [7, 11) is -3.37. The molecule has 1 N–H and O–H groups in total. The zero-order chi connectivity index (χ0) is 19.9. The van der Waals surface area contributed by atoms with Crippen molar-refractivity contribution in [1.29, 1.82) is 0 Å². The second kappa shape index (κ2) is 9.18. The summed E-state index contributed by atoms with van der Waals surface area (Å²) in [6.07, 6.45) is 1.08. The molecule has 0 aliphatic heterocycles. The molecule has 8 heteroatoms. The maximum absolute atomic E-state index is 11.8. The lowest BCUT2D eigenvalue weighted by molar-refractivity contribution is -0.147. The van der Waals surface area contributed by atoms with E-state index in [1.54, 1.807) is 12.1 Å². The Morgan fingerprint density at radius 1 is 1.07 bits per heavy atom. The van der Waals surface area contributed by atoms with Gasteiger partial charge in [0, 0.05) is 11.9 Å². The maximum atomic E-state index is 11.8. The van der Waals surface area contributed by atoms with Gasteiger partial charge in [0.1, 0.15) is 5.75 Å². The van der Waals surface area contributed by atoms with E-state index in [4.69, 9.17) is 9.47 Å². The first kappa shape index (κ1) is 20.4. The third kappa shape index (κ3) is 6.74. The summed E-state index contributed by atoms with van der Waals surface area (Å²) < 4.78 is 33.4. The lowest BCUT2D eigenvalue weighted by atomic mass is 10.2. The van der Waals surface area contributed by atoms with Crippen molar-refractivity contribution in [2.75, 3.05) is 24.8 Å². The molecule has 2 aromatic rings. The van der Waals surface area contributed by atoms with Crippen molar-refractivity contribution < 1.29 is 27.5 Å². The molecule has 27 heavy (non-hydrogen) atoms. The van der Waals surface area contributed by atoms with Crippen molar-refractivity contribution >= 4 is 27.4 Å². The molecular weight excluding hydrogens is 370 g/mol. The molecule has 0 radical (unpaired) electrons. The molecule has 0 aliphatic carbocycles. The predicted molar refractivity (Wildman–Crippen MR) is 100 cm³/mol. The lowest BCUT2D eigenvalue weighted by Gasteiger charge is -2.09. The predicted octanol–water partition coefficient (Wildman–Crippen LogP) is 2.35. The summed E-state index contributed by atoms with van der Waals surface area (Å²) in [6.45, 7) is 1.57. The lowest BCUT2D eigenvalue weighted by Crippen LogP contribution is -2.21. The summed E-state index contributed by atoms with van der Waals surface area (Å²) in [4.78, 5) is 23.6. The normalized spacial score (nSPS) is 10.9. The molecule has 1 amide bonds. The van der Waals surface area contributed by atoms with Crippen LogP contribution in [-0.2, 0) is 24.2 Å². The highest BCUT2D eigenvalue weighted by atomic mass is 32.2. The van der Waals surface area contributed by atoms with Crippen molar-refractivity contribution in [2.24, 2.45) is 0 Å². The number of sulfone groups is 1. The van der Waals surface area contributed by atoms with Crippen molar-refractivity contribution in [3.63, 3.8) is 0 Å². The second-order valence-electron chi connectivity index (χ2n) is 5.87.